The number of carbonyl (C=O) groups excluding carboxylic acids is 3. The molecule has 8 rings (SSSR count). The molecule has 0 saturated carbocycles. The number of hydrogen-bond acceptors (Lipinski definition) is 11. The number of aromatic nitrogens is 1. The van der Waals surface area contributed by atoms with Crippen LogP contribution >= 0.6 is 0 Å². The third kappa shape index (κ3) is 11.1. The zero-order chi connectivity index (χ0) is 41.8. The normalized spacial score (nSPS) is 18.0. The number of aliphatic hydroxyl groups excluding tert-OH is 1. The number of unbranched alkanes of at least 4 members (excludes halogenated alkanes) is 1. The highest BCUT2D eigenvalue weighted by Crippen LogP contribution is 2.31. The van der Waals surface area contributed by atoms with Crippen molar-refractivity contribution in [2.24, 2.45) is 5.92 Å². The second kappa shape index (κ2) is 20.2. The molecule has 5 aromatic rings. The van der Waals surface area contributed by atoms with Gasteiger partial charge in [0.2, 0.25) is 5.56 Å². The van der Waals surface area contributed by atoms with Gasteiger partial charge in [-0.1, -0.05) is 60.7 Å². The number of ether oxygens (including phenoxy) is 3. The molecule has 1 aromatic heterocycles. The van der Waals surface area contributed by atoms with Crippen LogP contribution in [0.1, 0.15) is 70.4 Å². The van der Waals surface area contributed by atoms with Crippen LogP contribution in [0.25, 0.3) is 10.9 Å². The lowest BCUT2D eigenvalue weighted by atomic mass is 9.86. The van der Waals surface area contributed by atoms with Crippen LogP contribution in [0.15, 0.2) is 108 Å². The van der Waals surface area contributed by atoms with Crippen molar-refractivity contribution in [3.8, 4) is 11.5 Å². The van der Waals surface area contributed by atoms with E-state index in [0.717, 1.165) is 49.2 Å². The van der Waals surface area contributed by atoms with Gasteiger partial charge in [0.25, 0.3) is 5.91 Å². The molecule has 1 unspecified atom stereocenters. The summed E-state index contributed by atoms with van der Waals surface area (Å²) < 4.78 is 17.4. The maximum atomic E-state index is 13.2. The number of fused-ring (bicyclic) bond motifs is 4. The molecule has 0 radical (unpaired) electrons. The molecule has 3 saturated heterocycles. The number of piperidine rings is 3. The zero-order valence-corrected chi connectivity index (χ0v) is 33.3. The van der Waals surface area contributed by atoms with Crippen molar-refractivity contribution in [1.29, 1.82) is 0 Å². The first kappa shape index (κ1) is 41.9. The van der Waals surface area contributed by atoms with Crippen LogP contribution in [0.5, 0.6) is 11.5 Å². The van der Waals surface area contributed by atoms with Crippen LogP contribution in [0.4, 0.5) is 4.79 Å². The lowest BCUT2D eigenvalue weighted by Gasteiger charge is -2.43. The minimum absolute atomic E-state index is 0.0696. The number of phenols is 1. The van der Waals surface area contributed by atoms with E-state index in [0.29, 0.717) is 47.6 Å². The second-order valence-corrected chi connectivity index (χ2v) is 15.2. The predicted molar refractivity (Wildman–Crippen MR) is 225 cm³/mol. The SMILES string of the molecule is O=C(CNC(=O)c1ccc(COc2cccc(C(NC(=O)O[C@H]3CN4CCC3CC4)c3ccccc3)c2)cc1)OCCCCNC[C@@H](O)c1ccc(O)c2[nH]c(=O)ccc12. The Morgan fingerprint density at radius 3 is 2.43 bits per heavy atom. The van der Waals surface area contributed by atoms with E-state index in [2.05, 4.69) is 25.8 Å². The number of aliphatic hydroxyl groups is 1. The van der Waals surface area contributed by atoms with Gasteiger partial charge >= 0.3 is 12.1 Å². The fraction of sp³-hybridized carbons (Fsp3) is 0.348. The van der Waals surface area contributed by atoms with Crippen LogP contribution in [0.3, 0.4) is 0 Å². The standard InChI is InChI=1S/C46H51N5O9/c52-38-17-15-36(37-16-18-41(54)49-44(37)38)39(53)26-47-21-4-5-24-58-42(55)27-48-45(56)33-13-11-30(12-14-33)29-59-35-10-6-9-34(25-35)43(32-7-2-1-3-8-32)50-46(57)60-40-28-51-22-19-31(40)20-23-51/h1-3,6-18,25,31,39-40,43,47,52-53H,4-5,19-24,26-29H2,(H,48,56)(H,49,54)(H,50,57)/t39-,40+,43?/m1/s1. The highest BCUT2D eigenvalue weighted by atomic mass is 16.6. The third-order valence-electron chi connectivity index (χ3n) is 11.1. The summed E-state index contributed by atoms with van der Waals surface area (Å²) in [5.41, 5.74) is 3.50. The van der Waals surface area contributed by atoms with Crippen molar-refractivity contribution < 1.29 is 38.8 Å². The number of hydrogen-bond donors (Lipinski definition) is 6. The number of amides is 2. The summed E-state index contributed by atoms with van der Waals surface area (Å²) in [7, 11) is 0. The van der Waals surface area contributed by atoms with E-state index in [1.54, 1.807) is 36.4 Å². The molecule has 0 spiro atoms. The minimum Gasteiger partial charge on any atom is -0.506 e. The summed E-state index contributed by atoms with van der Waals surface area (Å²) in [4.78, 5) is 54.8. The number of nitrogens with one attached hydrogen (secondary N) is 4. The van der Waals surface area contributed by atoms with E-state index in [1.807, 2.05) is 54.6 Å². The summed E-state index contributed by atoms with van der Waals surface area (Å²) in [6.45, 7) is 3.89. The number of aromatic amines is 1. The number of aromatic hydroxyl groups is 1. The Bertz CT molecular complexity index is 2290. The van der Waals surface area contributed by atoms with Crippen LogP contribution in [-0.2, 0) is 20.9 Å². The third-order valence-corrected chi connectivity index (χ3v) is 11.1. The highest BCUT2D eigenvalue weighted by molar-refractivity contribution is 5.96. The Labute approximate surface area is 347 Å². The maximum Gasteiger partial charge on any atom is 0.408 e. The van der Waals surface area contributed by atoms with Gasteiger partial charge in [-0.25, -0.2) is 4.79 Å². The number of benzene rings is 4. The van der Waals surface area contributed by atoms with Gasteiger partial charge in [-0.05, 0) is 110 Å². The quantitative estimate of drug-likeness (QED) is 0.0510. The molecule has 4 aromatic carbocycles. The molecule has 3 fully saturated rings. The average molecular weight is 818 g/mol. The van der Waals surface area contributed by atoms with Gasteiger partial charge in [0.1, 0.15) is 30.8 Å². The number of pyridine rings is 1. The monoisotopic (exact) mass is 817 g/mol. The minimum atomic E-state index is -0.866. The molecule has 314 valence electrons. The van der Waals surface area contributed by atoms with Gasteiger partial charge < -0.3 is 45.4 Å². The fourth-order valence-corrected chi connectivity index (χ4v) is 7.78. The van der Waals surface area contributed by atoms with Gasteiger partial charge in [0, 0.05) is 30.1 Å². The van der Waals surface area contributed by atoms with Crippen molar-refractivity contribution in [2.75, 3.05) is 45.9 Å². The largest absolute Gasteiger partial charge is 0.506 e. The van der Waals surface area contributed by atoms with Crippen molar-refractivity contribution in [3.05, 3.63) is 141 Å². The Kier molecular flexibility index (Phi) is 14.1. The van der Waals surface area contributed by atoms with Crippen LogP contribution in [0.2, 0.25) is 0 Å². The van der Waals surface area contributed by atoms with E-state index in [4.69, 9.17) is 14.2 Å². The Morgan fingerprint density at radius 2 is 1.67 bits per heavy atom. The van der Waals surface area contributed by atoms with Crippen LogP contribution in [0, 0.1) is 5.92 Å². The topological polar surface area (TPSA) is 192 Å². The van der Waals surface area contributed by atoms with Gasteiger partial charge in [0.05, 0.1) is 24.3 Å². The number of nitrogens with zero attached hydrogens (tertiary/aromatic N) is 1. The molecule has 3 aliphatic heterocycles. The van der Waals surface area contributed by atoms with E-state index in [-0.39, 0.29) is 49.2 Å². The van der Waals surface area contributed by atoms with Crippen molar-refractivity contribution in [2.45, 2.75) is 50.5 Å². The molecular formula is C46H51N5O9. The molecule has 2 amide bonds. The van der Waals surface area contributed by atoms with Crippen LogP contribution < -0.4 is 26.2 Å². The van der Waals surface area contributed by atoms with Gasteiger partial charge in [-0.3, -0.25) is 19.3 Å². The average Bonchev–Trinajstić information content (AvgIpc) is 3.27. The number of rotatable bonds is 18. The van der Waals surface area contributed by atoms with E-state index in [9.17, 15) is 29.4 Å². The van der Waals surface area contributed by atoms with E-state index in [1.165, 1.54) is 12.1 Å². The molecule has 2 bridgehead atoms. The zero-order valence-electron chi connectivity index (χ0n) is 33.3. The van der Waals surface area contributed by atoms with Crippen molar-refractivity contribution in [3.63, 3.8) is 0 Å². The molecule has 0 aliphatic carbocycles. The molecular weight excluding hydrogens is 767 g/mol. The van der Waals surface area contributed by atoms with Gasteiger partial charge in [0.15, 0.2) is 0 Å². The Morgan fingerprint density at radius 1 is 0.883 bits per heavy atom. The molecule has 3 atom stereocenters. The first-order valence-electron chi connectivity index (χ1n) is 20.4. The summed E-state index contributed by atoms with van der Waals surface area (Å²) in [6, 6.07) is 29.8. The number of carbonyl (C=O) groups is 3. The first-order valence-corrected chi connectivity index (χ1v) is 20.4. The second-order valence-electron chi connectivity index (χ2n) is 15.2. The van der Waals surface area contributed by atoms with E-state index < -0.39 is 30.1 Å². The molecule has 4 heterocycles. The van der Waals surface area contributed by atoms with Crippen molar-refractivity contribution in [1.82, 2.24) is 25.8 Å². The number of phenolic OH excluding ortho intramolecular Hbond substituents is 1. The van der Waals surface area contributed by atoms with Gasteiger partial charge in [-0.15, -0.1) is 0 Å². The lowest BCUT2D eigenvalue weighted by Crippen LogP contribution is -2.52. The summed E-state index contributed by atoms with van der Waals surface area (Å²) in [5.74, 6) is 0.00244. The molecule has 6 N–H and O–H groups in total. The van der Waals surface area contributed by atoms with Gasteiger partial charge in [-0.2, -0.15) is 0 Å². The van der Waals surface area contributed by atoms with E-state index >= 15 is 0 Å². The number of alkyl carbamates (subject to hydrolysis) is 1. The van der Waals surface area contributed by atoms with Crippen molar-refractivity contribution >= 4 is 28.9 Å². The lowest BCUT2D eigenvalue weighted by molar-refractivity contribution is -0.142. The predicted octanol–water partition coefficient (Wildman–Crippen LogP) is 5.10. The number of H-pyrrole nitrogens is 1. The summed E-state index contributed by atoms with van der Waals surface area (Å²) in [6.07, 6.45) is 1.97. The molecule has 14 nitrogen and oxygen atoms in total. The number of esters is 1. The summed E-state index contributed by atoms with van der Waals surface area (Å²) >= 11 is 0. The first-order chi connectivity index (χ1) is 29.2. The molecule has 60 heavy (non-hydrogen) atoms. The fourth-order valence-electron chi connectivity index (χ4n) is 7.78. The Hall–Kier alpha value is -6.22. The highest BCUT2D eigenvalue weighted by Gasteiger charge is 2.37. The molecule has 14 heteroatoms. The summed E-state index contributed by atoms with van der Waals surface area (Å²) in [5, 5.41) is 30.2. The van der Waals surface area contributed by atoms with Crippen LogP contribution in [-0.4, -0.2) is 90.0 Å². The molecule has 3 aliphatic rings. The Balaban J connectivity index is 0.807. The maximum absolute atomic E-state index is 13.2. The smallest absolute Gasteiger partial charge is 0.408 e.